The average molecular weight is 575 g/mol. The van der Waals surface area contributed by atoms with Crippen molar-refractivity contribution < 1.29 is 39.5 Å². The minimum Gasteiger partial charge on any atom is -0.481 e. The van der Waals surface area contributed by atoms with E-state index in [1.54, 1.807) is 13.0 Å². The van der Waals surface area contributed by atoms with Gasteiger partial charge in [-0.25, -0.2) is 0 Å². The monoisotopic (exact) mass is 574 g/mol. The zero-order valence-corrected chi connectivity index (χ0v) is 25.3. The highest BCUT2D eigenvalue weighted by molar-refractivity contribution is 6.04. The van der Waals surface area contributed by atoms with Gasteiger partial charge in [0.2, 0.25) is 0 Å². The van der Waals surface area contributed by atoms with Gasteiger partial charge < -0.3 is 25.2 Å². The van der Waals surface area contributed by atoms with E-state index in [0.717, 1.165) is 57.8 Å². The van der Waals surface area contributed by atoms with Crippen LogP contribution in [-0.2, 0) is 19.1 Å². The van der Waals surface area contributed by atoms with E-state index in [2.05, 4.69) is 13.8 Å². The van der Waals surface area contributed by atoms with Gasteiger partial charge in [0, 0.05) is 42.4 Å². The molecule has 0 saturated heterocycles. The Kier molecular flexibility index (Phi) is 9.28. The molecule has 4 N–H and O–H groups in total. The molecular weight excluding hydrogens is 524 g/mol. The molecule has 230 valence electrons. The summed E-state index contributed by atoms with van der Waals surface area (Å²) in [5.41, 5.74) is -3.37. The van der Waals surface area contributed by atoms with Crippen molar-refractivity contribution in [3.8, 4) is 0 Å². The first-order chi connectivity index (χ1) is 19.3. The smallest absolute Gasteiger partial charge is 0.306 e. The maximum atomic E-state index is 13.1. The molecule has 2 saturated carbocycles. The SMILES string of the molecule is CC1=C[C@H]2[C@@]3(O)[C@H](C)C[C@]4(OC(=O)CCCCCCCCCCCC(=O)O)[C@@H]([C@@H]3C=C(CO)C[C@]2(O)C1=O)C4(C)C. The zero-order valence-electron chi connectivity index (χ0n) is 25.3. The number of carboxylic acid groups (broad SMARTS) is 1. The fourth-order valence-electron chi connectivity index (χ4n) is 8.63. The molecule has 0 unspecified atom stereocenters. The summed E-state index contributed by atoms with van der Waals surface area (Å²) in [6, 6.07) is 0. The Labute approximate surface area is 244 Å². The van der Waals surface area contributed by atoms with E-state index in [4.69, 9.17) is 9.84 Å². The maximum absolute atomic E-state index is 13.1. The van der Waals surface area contributed by atoms with Gasteiger partial charge >= 0.3 is 11.9 Å². The van der Waals surface area contributed by atoms with Crippen molar-refractivity contribution >= 4 is 17.7 Å². The highest BCUT2D eigenvalue weighted by atomic mass is 16.6. The second-order valence-corrected chi connectivity index (χ2v) is 13.9. The number of hydrogen-bond donors (Lipinski definition) is 4. The van der Waals surface area contributed by atoms with Crippen LogP contribution in [0.3, 0.4) is 0 Å². The van der Waals surface area contributed by atoms with Crippen molar-refractivity contribution in [3.63, 3.8) is 0 Å². The first-order valence-electron chi connectivity index (χ1n) is 15.7. The van der Waals surface area contributed by atoms with Crippen LogP contribution in [0, 0.1) is 29.1 Å². The molecule has 0 radical (unpaired) electrons. The Morgan fingerprint density at radius 1 is 0.951 bits per heavy atom. The molecule has 2 fully saturated rings. The second-order valence-electron chi connectivity index (χ2n) is 13.9. The van der Waals surface area contributed by atoms with E-state index < -0.39 is 45.8 Å². The number of aliphatic carboxylic acids is 1. The predicted octanol–water partition coefficient (Wildman–Crippen LogP) is 4.89. The molecule has 0 bridgehead atoms. The summed E-state index contributed by atoms with van der Waals surface area (Å²) >= 11 is 0. The molecule has 4 aliphatic carbocycles. The number of carbonyl (C=O) groups excluding carboxylic acids is 2. The van der Waals surface area contributed by atoms with Crippen LogP contribution in [0.25, 0.3) is 0 Å². The van der Waals surface area contributed by atoms with E-state index in [1.807, 2.05) is 13.0 Å². The summed E-state index contributed by atoms with van der Waals surface area (Å²) in [6.07, 6.45) is 13.5. The minimum atomic E-state index is -1.79. The summed E-state index contributed by atoms with van der Waals surface area (Å²) in [7, 11) is 0. The molecule has 0 aromatic rings. The third-order valence-corrected chi connectivity index (χ3v) is 10.9. The fraction of sp³-hybridized carbons (Fsp3) is 0.788. The number of esters is 1. The number of rotatable bonds is 14. The van der Waals surface area contributed by atoms with Crippen molar-refractivity contribution in [1.82, 2.24) is 0 Å². The number of aliphatic hydroxyl groups excluding tert-OH is 1. The van der Waals surface area contributed by atoms with Gasteiger partial charge in [-0.2, -0.15) is 0 Å². The number of fused-ring (bicyclic) bond motifs is 5. The number of aliphatic hydroxyl groups is 3. The number of carbonyl (C=O) groups is 3. The number of ketones is 1. The van der Waals surface area contributed by atoms with Crippen LogP contribution < -0.4 is 0 Å². The van der Waals surface area contributed by atoms with Gasteiger partial charge in [-0.15, -0.1) is 0 Å². The Bertz CT molecular complexity index is 1090. The molecule has 4 rings (SSSR count). The number of carboxylic acids is 1. The Morgan fingerprint density at radius 2 is 1.51 bits per heavy atom. The van der Waals surface area contributed by atoms with Crippen LogP contribution in [-0.4, -0.2) is 61.6 Å². The van der Waals surface area contributed by atoms with Gasteiger partial charge in [0.15, 0.2) is 5.78 Å². The number of hydrogen-bond acceptors (Lipinski definition) is 7. The molecule has 0 aromatic carbocycles. The molecule has 0 heterocycles. The molecule has 0 aliphatic heterocycles. The Balaban J connectivity index is 1.34. The largest absolute Gasteiger partial charge is 0.481 e. The first kappa shape index (κ1) is 31.9. The molecule has 0 aromatic heterocycles. The molecule has 8 heteroatoms. The van der Waals surface area contributed by atoms with Gasteiger partial charge in [-0.1, -0.05) is 77.9 Å². The lowest BCUT2D eigenvalue weighted by Crippen LogP contribution is -2.61. The maximum Gasteiger partial charge on any atom is 0.306 e. The summed E-state index contributed by atoms with van der Waals surface area (Å²) < 4.78 is 6.29. The van der Waals surface area contributed by atoms with Crippen LogP contribution in [0.1, 0.15) is 111 Å². The molecule has 0 spiro atoms. The van der Waals surface area contributed by atoms with Crippen LogP contribution in [0.5, 0.6) is 0 Å². The second kappa shape index (κ2) is 11.9. The molecule has 7 atom stereocenters. The first-order valence-corrected chi connectivity index (χ1v) is 15.7. The number of ether oxygens (including phenoxy) is 1. The summed E-state index contributed by atoms with van der Waals surface area (Å²) in [5.74, 6) is -3.16. The summed E-state index contributed by atoms with van der Waals surface area (Å²) in [4.78, 5) is 36.7. The fourth-order valence-corrected chi connectivity index (χ4v) is 8.63. The van der Waals surface area contributed by atoms with E-state index in [0.29, 0.717) is 24.0 Å². The van der Waals surface area contributed by atoms with Gasteiger partial charge in [0.05, 0.1) is 12.2 Å². The summed E-state index contributed by atoms with van der Waals surface area (Å²) in [6.45, 7) is 7.41. The van der Waals surface area contributed by atoms with E-state index in [1.165, 1.54) is 0 Å². The lowest BCUT2D eigenvalue weighted by atomic mass is 9.60. The van der Waals surface area contributed by atoms with Crippen LogP contribution in [0.15, 0.2) is 23.3 Å². The van der Waals surface area contributed by atoms with Gasteiger partial charge in [-0.05, 0) is 43.3 Å². The van der Waals surface area contributed by atoms with Crippen molar-refractivity contribution in [2.75, 3.05) is 6.61 Å². The average Bonchev–Trinajstić information content (AvgIpc) is 3.30. The third-order valence-electron chi connectivity index (χ3n) is 10.9. The predicted molar refractivity (Wildman–Crippen MR) is 154 cm³/mol. The highest BCUT2D eigenvalue weighted by Gasteiger charge is 2.83. The molecular formula is C33H50O8. The molecule has 41 heavy (non-hydrogen) atoms. The molecule has 0 amide bonds. The lowest BCUT2D eigenvalue weighted by Gasteiger charge is -2.50. The lowest BCUT2D eigenvalue weighted by molar-refractivity contribution is -0.187. The van der Waals surface area contributed by atoms with Gasteiger partial charge in [0.1, 0.15) is 11.2 Å². The topological polar surface area (TPSA) is 141 Å². The van der Waals surface area contributed by atoms with Gasteiger partial charge in [0.25, 0.3) is 0 Å². The highest BCUT2D eigenvalue weighted by Crippen LogP contribution is 2.76. The quantitative estimate of drug-likeness (QED) is 0.131. The van der Waals surface area contributed by atoms with E-state index in [9.17, 15) is 29.7 Å². The van der Waals surface area contributed by atoms with Crippen molar-refractivity contribution in [1.29, 1.82) is 0 Å². The Morgan fingerprint density at radius 3 is 2.07 bits per heavy atom. The standard InChI is InChI=1S/C33H50O8/c1-21-16-25-31(39,29(21)38)19-23(20-34)17-24-28-30(3,4)32(28,18-22(2)33(24,25)40)41-27(37)15-13-11-9-7-5-6-8-10-12-14-26(35)36/h16-17,22,24-25,28,34,39-40H,5-15,18-20H2,1-4H3,(H,35,36)/t22-,24+,25-,28+,31-,32+,33-/m1/s1. The van der Waals surface area contributed by atoms with Crippen LogP contribution >= 0.6 is 0 Å². The number of unbranched alkanes of at least 4 members (excludes halogenated alkanes) is 8. The van der Waals surface area contributed by atoms with Gasteiger partial charge in [-0.3, -0.25) is 14.4 Å². The van der Waals surface area contributed by atoms with Crippen molar-refractivity contribution in [2.24, 2.45) is 29.1 Å². The van der Waals surface area contributed by atoms with Crippen molar-refractivity contribution in [2.45, 2.75) is 128 Å². The van der Waals surface area contributed by atoms with E-state index >= 15 is 0 Å². The molecule has 4 aliphatic rings. The molecule has 8 nitrogen and oxygen atoms in total. The third kappa shape index (κ3) is 5.56. The summed E-state index contributed by atoms with van der Waals surface area (Å²) in [5, 5.41) is 42.8. The van der Waals surface area contributed by atoms with Crippen LogP contribution in [0.4, 0.5) is 0 Å². The zero-order chi connectivity index (χ0) is 30.2. The van der Waals surface area contributed by atoms with E-state index in [-0.39, 0.29) is 37.3 Å². The minimum absolute atomic E-state index is 0.0168. The van der Waals surface area contributed by atoms with Crippen LogP contribution in [0.2, 0.25) is 0 Å². The normalized spacial score (nSPS) is 36.8. The number of Topliss-reactive ketones (excluding diaryl/α,β-unsaturated/α-hetero) is 1. The Hall–Kier alpha value is -2.03. The van der Waals surface area contributed by atoms with Crippen molar-refractivity contribution in [3.05, 3.63) is 23.3 Å².